The van der Waals surface area contributed by atoms with Gasteiger partial charge in [0.15, 0.2) is 0 Å². The second-order valence-electron chi connectivity index (χ2n) is 3.45. The molecule has 0 unspecified atom stereocenters. The number of nitriles is 1. The van der Waals surface area contributed by atoms with Crippen LogP contribution in [0.2, 0.25) is 5.02 Å². The zero-order chi connectivity index (χ0) is 13.9. The van der Waals surface area contributed by atoms with Crippen molar-refractivity contribution in [2.45, 2.75) is 4.90 Å². The van der Waals surface area contributed by atoms with E-state index < -0.39 is 10.0 Å². The molecule has 2 aromatic rings. The fourth-order valence-electron chi connectivity index (χ4n) is 1.26. The van der Waals surface area contributed by atoms with E-state index in [0.29, 0.717) is 0 Å². The van der Waals surface area contributed by atoms with Crippen LogP contribution in [0.25, 0.3) is 0 Å². The quantitative estimate of drug-likeness (QED) is 0.931. The van der Waals surface area contributed by atoms with Gasteiger partial charge in [-0.3, -0.25) is 9.71 Å². The molecule has 0 fully saturated rings. The summed E-state index contributed by atoms with van der Waals surface area (Å²) in [4.78, 5) is 7.42. The van der Waals surface area contributed by atoms with Gasteiger partial charge in [0, 0.05) is 12.4 Å². The summed E-state index contributed by atoms with van der Waals surface area (Å²) in [6, 6.07) is 5.88. The zero-order valence-corrected chi connectivity index (χ0v) is 11.0. The molecule has 0 aliphatic heterocycles. The third-order valence-corrected chi connectivity index (χ3v) is 3.85. The highest BCUT2D eigenvalue weighted by atomic mass is 35.5. The summed E-state index contributed by atoms with van der Waals surface area (Å²) < 4.78 is 26.4. The van der Waals surface area contributed by atoms with E-state index in [1.54, 1.807) is 6.07 Å². The van der Waals surface area contributed by atoms with Gasteiger partial charge < -0.3 is 0 Å². The number of anilines is 1. The molecule has 0 aliphatic carbocycles. The Morgan fingerprint density at radius 2 is 2.05 bits per heavy atom. The number of nitrogens with one attached hydrogen (secondary N) is 1. The van der Waals surface area contributed by atoms with Crippen LogP contribution in [-0.4, -0.2) is 18.4 Å². The molecule has 0 aliphatic rings. The molecule has 0 saturated carbocycles. The molecule has 19 heavy (non-hydrogen) atoms. The number of aromatic nitrogens is 2. The summed E-state index contributed by atoms with van der Waals surface area (Å²) >= 11 is 5.84. The van der Waals surface area contributed by atoms with Crippen LogP contribution < -0.4 is 4.72 Å². The van der Waals surface area contributed by atoms with Crippen LogP contribution in [0.4, 0.5) is 5.69 Å². The van der Waals surface area contributed by atoms with E-state index in [1.807, 2.05) is 0 Å². The lowest BCUT2D eigenvalue weighted by molar-refractivity contribution is 0.601. The Morgan fingerprint density at radius 1 is 1.26 bits per heavy atom. The van der Waals surface area contributed by atoms with E-state index in [2.05, 4.69) is 14.7 Å². The Morgan fingerprint density at radius 3 is 2.63 bits per heavy atom. The van der Waals surface area contributed by atoms with E-state index in [-0.39, 0.29) is 21.3 Å². The van der Waals surface area contributed by atoms with Crippen molar-refractivity contribution in [1.82, 2.24) is 9.97 Å². The van der Waals surface area contributed by atoms with Crippen LogP contribution in [0, 0.1) is 11.3 Å². The maximum Gasteiger partial charge on any atom is 0.263 e. The van der Waals surface area contributed by atoms with Gasteiger partial charge in [0.25, 0.3) is 10.0 Å². The topological polar surface area (TPSA) is 95.7 Å². The number of nitrogens with zero attached hydrogens (tertiary/aromatic N) is 3. The van der Waals surface area contributed by atoms with Crippen LogP contribution in [-0.2, 0) is 10.0 Å². The first-order chi connectivity index (χ1) is 9.03. The lowest BCUT2D eigenvalue weighted by atomic mass is 10.4. The first-order valence-electron chi connectivity index (χ1n) is 5.01. The molecule has 0 spiro atoms. The molecular weight excluding hydrogens is 288 g/mol. The Bertz CT molecular complexity index is 738. The van der Waals surface area contributed by atoms with Crippen molar-refractivity contribution in [2.75, 3.05) is 4.72 Å². The predicted molar refractivity (Wildman–Crippen MR) is 69.0 cm³/mol. The molecule has 2 heterocycles. The second kappa shape index (κ2) is 5.22. The molecule has 0 radical (unpaired) electrons. The van der Waals surface area contributed by atoms with Crippen molar-refractivity contribution in [3.05, 3.63) is 47.5 Å². The fourth-order valence-corrected chi connectivity index (χ4v) is 2.48. The van der Waals surface area contributed by atoms with Gasteiger partial charge in [-0.2, -0.15) is 5.26 Å². The standard InChI is InChI=1S/C11H7ClN4O2S/c12-10-3-4-14-7-11(10)16-19(17,18)9-2-1-8(5-13)15-6-9/h1-4,6-7,16H. The fraction of sp³-hybridized carbons (Fsp3) is 0. The third-order valence-electron chi connectivity index (χ3n) is 2.17. The number of halogens is 1. The second-order valence-corrected chi connectivity index (χ2v) is 5.54. The smallest absolute Gasteiger partial charge is 0.263 e. The van der Waals surface area contributed by atoms with E-state index in [0.717, 1.165) is 6.20 Å². The molecule has 0 saturated heterocycles. The number of rotatable bonds is 3. The van der Waals surface area contributed by atoms with Gasteiger partial charge in [-0.1, -0.05) is 11.6 Å². The largest absolute Gasteiger partial charge is 0.276 e. The van der Waals surface area contributed by atoms with Crippen LogP contribution in [0.15, 0.2) is 41.7 Å². The Balaban J connectivity index is 2.33. The van der Waals surface area contributed by atoms with Crippen molar-refractivity contribution in [2.24, 2.45) is 0 Å². The zero-order valence-electron chi connectivity index (χ0n) is 9.41. The molecule has 0 amide bonds. The summed E-state index contributed by atoms with van der Waals surface area (Å²) in [5.41, 5.74) is 0.312. The van der Waals surface area contributed by atoms with Gasteiger partial charge in [-0.25, -0.2) is 13.4 Å². The minimum atomic E-state index is -3.81. The average Bonchev–Trinajstić information content (AvgIpc) is 2.41. The Labute approximate surface area is 114 Å². The van der Waals surface area contributed by atoms with Gasteiger partial charge in [0.2, 0.25) is 0 Å². The highest BCUT2D eigenvalue weighted by molar-refractivity contribution is 7.92. The molecule has 2 rings (SSSR count). The minimum absolute atomic E-state index is 0.0635. The molecule has 96 valence electrons. The van der Waals surface area contributed by atoms with Crippen molar-refractivity contribution in [1.29, 1.82) is 5.26 Å². The van der Waals surface area contributed by atoms with Crippen molar-refractivity contribution in [3.63, 3.8) is 0 Å². The van der Waals surface area contributed by atoms with Crippen LogP contribution >= 0.6 is 11.6 Å². The minimum Gasteiger partial charge on any atom is -0.276 e. The third kappa shape index (κ3) is 2.99. The summed E-state index contributed by atoms with van der Waals surface area (Å²) in [5.74, 6) is 0. The Kier molecular flexibility index (Phi) is 3.64. The van der Waals surface area contributed by atoms with Gasteiger partial charge in [0.05, 0.1) is 16.9 Å². The highest BCUT2D eigenvalue weighted by Gasteiger charge is 2.16. The van der Waals surface area contributed by atoms with Crippen molar-refractivity contribution >= 4 is 27.3 Å². The van der Waals surface area contributed by atoms with Gasteiger partial charge in [-0.15, -0.1) is 0 Å². The summed E-state index contributed by atoms with van der Waals surface area (Å²) in [6.45, 7) is 0. The molecule has 1 N–H and O–H groups in total. The van der Waals surface area contributed by atoms with E-state index >= 15 is 0 Å². The lowest BCUT2D eigenvalue weighted by Gasteiger charge is -2.08. The first kappa shape index (κ1) is 13.3. The SMILES string of the molecule is N#Cc1ccc(S(=O)(=O)Nc2cnccc2Cl)cn1. The van der Waals surface area contributed by atoms with Crippen molar-refractivity contribution < 1.29 is 8.42 Å². The maximum atomic E-state index is 12.0. The van der Waals surface area contributed by atoms with Crippen LogP contribution in [0.5, 0.6) is 0 Å². The normalized spacial score (nSPS) is 10.7. The van der Waals surface area contributed by atoms with E-state index in [4.69, 9.17) is 16.9 Å². The van der Waals surface area contributed by atoms with E-state index in [9.17, 15) is 8.42 Å². The molecule has 0 bridgehead atoms. The molecule has 0 aromatic carbocycles. The molecule has 0 atom stereocenters. The molecular formula is C11H7ClN4O2S. The van der Waals surface area contributed by atoms with Gasteiger partial charge in [0.1, 0.15) is 16.7 Å². The average molecular weight is 295 g/mol. The summed E-state index contributed by atoms with van der Waals surface area (Å²) in [6.07, 6.45) is 3.85. The Hall–Kier alpha value is -2.17. The number of pyridine rings is 2. The number of sulfonamides is 1. The highest BCUT2D eigenvalue weighted by Crippen LogP contribution is 2.22. The summed E-state index contributed by atoms with van der Waals surface area (Å²) in [5, 5.41) is 8.84. The maximum absolute atomic E-state index is 12.0. The number of hydrogen-bond acceptors (Lipinski definition) is 5. The number of hydrogen-bond donors (Lipinski definition) is 1. The lowest BCUT2D eigenvalue weighted by Crippen LogP contribution is -2.13. The summed E-state index contributed by atoms with van der Waals surface area (Å²) in [7, 11) is -3.81. The molecule has 2 aromatic heterocycles. The van der Waals surface area contributed by atoms with Gasteiger partial charge in [-0.05, 0) is 18.2 Å². The monoisotopic (exact) mass is 294 g/mol. The van der Waals surface area contributed by atoms with E-state index in [1.165, 1.54) is 30.6 Å². The first-order valence-corrected chi connectivity index (χ1v) is 6.87. The molecule has 8 heteroatoms. The predicted octanol–water partition coefficient (Wildman–Crippen LogP) is 1.80. The van der Waals surface area contributed by atoms with Gasteiger partial charge >= 0.3 is 0 Å². The van der Waals surface area contributed by atoms with Crippen molar-refractivity contribution in [3.8, 4) is 6.07 Å². The molecule has 6 nitrogen and oxygen atoms in total. The van der Waals surface area contributed by atoms with Crippen LogP contribution in [0.3, 0.4) is 0 Å². The van der Waals surface area contributed by atoms with Crippen LogP contribution in [0.1, 0.15) is 5.69 Å².